The number of methoxy groups -OCH3 is 1. The molecule has 1 aromatic rings. The van der Waals surface area contributed by atoms with Gasteiger partial charge in [-0.3, -0.25) is 9.59 Å². The van der Waals surface area contributed by atoms with E-state index in [9.17, 15) is 9.59 Å². The van der Waals surface area contributed by atoms with Gasteiger partial charge < -0.3 is 4.74 Å². The van der Waals surface area contributed by atoms with Crippen molar-refractivity contribution < 1.29 is 14.3 Å². The summed E-state index contributed by atoms with van der Waals surface area (Å²) < 4.78 is 4.51. The normalized spacial score (nSPS) is 11.9. The Balaban J connectivity index is 2.30. The van der Waals surface area contributed by atoms with Gasteiger partial charge in [-0.1, -0.05) is 30.3 Å². The van der Waals surface area contributed by atoms with E-state index in [2.05, 4.69) is 4.74 Å². The first-order chi connectivity index (χ1) is 8.63. The highest BCUT2D eigenvalue weighted by Crippen LogP contribution is 2.19. The molecule has 0 aliphatic rings. The maximum Gasteiger partial charge on any atom is 0.305 e. The first-order valence-electron chi connectivity index (χ1n) is 5.88. The maximum atomic E-state index is 11.8. The third-order valence-corrected chi connectivity index (χ3v) is 3.86. The number of Topliss-reactive ketones (excluding diaryl/α,β-unsaturated/α-hetero) is 1. The lowest BCUT2D eigenvalue weighted by Gasteiger charge is -2.09. The molecule has 98 valence electrons. The molecule has 0 aliphatic heterocycles. The average molecular weight is 266 g/mol. The summed E-state index contributed by atoms with van der Waals surface area (Å²) in [5.41, 5.74) is 1.20. The van der Waals surface area contributed by atoms with Gasteiger partial charge in [0, 0.05) is 12.2 Å². The second-order valence-electron chi connectivity index (χ2n) is 3.98. The molecule has 0 radical (unpaired) electrons. The SMILES string of the molecule is COC(=O)CCC(=O)C(C)SCc1ccccc1. The lowest BCUT2D eigenvalue weighted by atomic mass is 10.2. The Morgan fingerprint density at radius 2 is 1.89 bits per heavy atom. The van der Waals surface area contributed by atoms with Crippen molar-refractivity contribution in [3.63, 3.8) is 0 Å². The Labute approximate surface area is 112 Å². The average Bonchev–Trinajstić information content (AvgIpc) is 2.42. The van der Waals surface area contributed by atoms with Crippen LogP contribution in [0.5, 0.6) is 0 Å². The smallest absolute Gasteiger partial charge is 0.305 e. The van der Waals surface area contributed by atoms with Crippen molar-refractivity contribution in [1.29, 1.82) is 0 Å². The van der Waals surface area contributed by atoms with Crippen molar-refractivity contribution in [2.75, 3.05) is 7.11 Å². The first kappa shape index (κ1) is 14.8. The number of carbonyl (C=O) groups is 2. The van der Waals surface area contributed by atoms with Crippen LogP contribution in [0.25, 0.3) is 0 Å². The molecule has 0 saturated carbocycles. The van der Waals surface area contributed by atoms with Gasteiger partial charge in [0.2, 0.25) is 0 Å². The third kappa shape index (κ3) is 5.36. The lowest BCUT2D eigenvalue weighted by Crippen LogP contribution is -2.15. The van der Waals surface area contributed by atoms with Gasteiger partial charge in [0.1, 0.15) is 5.78 Å². The number of rotatable bonds is 7. The maximum absolute atomic E-state index is 11.8. The Hall–Kier alpha value is -1.29. The van der Waals surface area contributed by atoms with Crippen LogP contribution in [0, 0.1) is 0 Å². The van der Waals surface area contributed by atoms with Crippen molar-refractivity contribution in [2.24, 2.45) is 0 Å². The number of benzene rings is 1. The van der Waals surface area contributed by atoms with Gasteiger partial charge in [0.15, 0.2) is 0 Å². The highest BCUT2D eigenvalue weighted by molar-refractivity contribution is 7.99. The molecule has 0 saturated heterocycles. The second kappa shape index (κ2) is 7.93. The van der Waals surface area contributed by atoms with Crippen molar-refractivity contribution in [3.05, 3.63) is 35.9 Å². The standard InChI is InChI=1S/C14H18O3S/c1-11(13(15)8-9-14(16)17-2)18-10-12-6-4-3-5-7-12/h3-7,11H,8-10H2,1-2H3. The Morgan fingerprint density at radius 3 is 2.50 bits per heavy atom. The molecule has 0 heterocycles. The third-order valence-electron chi connectivity index (χ3n) is 2.60. The van der Waals surface area contributed by atoms with Crippen LogP contribution in [0.4, 0.5) is 0 Å². The predicted octanol–water partition coefficient (Wildman–Crippen LogP) is 2.83. The minimum atomic E-state index is -0.330. The van der Waals surface area contributed by atoms with Crippen LogP contribution in [0.2, 0.25) is 0 Å². The Morgan fingerprint density at radius 1 is 1.22 bits per heavy atom. The summed E-state index contributed by atoms with van der Waals surface area (Å²) in [6, 6.07) is 10.0. The van der Waals surface area contributed by atoms with Crippen LogP contribution in [0.3, 0.4) is 0 Å². The summed E-state index contributed by atoms with van der Waals surface area (Å²) >= 11 is 1.60. The minimum Gasteiger partial charge on any atom is -0.469 e. The molecule has 0 fully saturated rings. The van der Waals surface area contributed by atoms with E-state index in [0.717, 1.165) is 5.75 Å². The van der Waals surface area contributed by atoms with E-state index in [4.69, 9.17) is 0 Å². The van der Waals surface area contributed by atoms with Crippen molar-refractivity contribution in [2.45, 2.75) is 30.8 Å². The number of thioether (sulfide) groups is 1. The molecule has 1 rings (SSSR count). The highest BCUT2D eigenvalue weighted by atomic mass is 32.2. The number of ketones is 1. The molecule has 1 aromatic carbocycles. The van der Waals surface area contributed by atoms with Crippen LogP contribution < -0.4 is 0 Å². The first-order valence-corrected chi connectivity index (χ1v) is 6.93. The van der Waals surface area contributed by atoms with Crippen LogP contribution in [0.1, 0.15) is 25.3 Å². The fourth-order valence-corrected chi connectivity index (χ4v) is 2.36. The number of esters is 1. The molecule has 0 bridgehead atoms. The largest absolute Gasteiger partial charge is 0.469 e. The fourth-order valence-electron chi connectivity index (χ4n) is 1.42. The minimum absolute atomic E-state index is 0.0881. The second-order valence-corrected chi connectivity index (χ2v) is 5.31. The molecule has 3 nitrogen and oxygen atoms in total. The van der Waals surface area contributed by atoms with E-state index in [1.807, 2.05) is 37.3 Å². The monoisotopic (exact) mass is 266 g/mol. The summed E-state index contributed by atoms with van der Waals surface area (Å²) in [7, 11) is 1.33. The van der Waals surface area contributed by atoms with Gasteiger partial charge in [-0.15, -0.1) is 11.8 Å². The Bertz CT molecular complexity index is 389. The number of hydrogen-bond donors (Lipinski definition) is 0. The van der Waals surface area contributed by atoms with Crippen LogP contribution in [0.15, 0.2) is 30.3 Å². The zero-order valence-corrected chi connectivity index (χ0v) is 11.5. The molecule has 18 heavy (non-hydrogen) atoms. The van der Waals surface area contributed by atoms with E-state index >= 15 is 0 Å². The fraction of sp³-hybridized carbons (Fsp3) is 0.429. The molecule has 0 spiro atoms. The topological polar surface area (TPSA) is 43.4 Å². The number of hydrogen-bond acceptors (Lipinski definition) is 4. The van der Waals surface area contributed by atoms with E-state index in [1.165, 1.54) is 12.7 Å². The van der Waals surface area contributed by atoms with Gasteiger partial charge in [-0.2, -0.15) is 0 Å². The molecule has 0 amide bonds. The molecule has 0 aliphatic carbocycles. The van der Waals surface area contributed by atoms with Gasteiger partial charge in [-0.25, -0.2) is 0 Å². The van der Waals surface area contributed by atoms with E-state index in [1.54, 1.807) is 11.8 Å². The van der Waals surface area contributed by atoms with Gasteiger partial charge >= 0.3 is 5.97 Å². The van der Waals surface area contributed by atoms with Crippen LogP contribution >= 0.6 is 11.8 Å². The Kier molecular flexibility index (Phi) is 6.50. The number of ether oxygens (including phenoxy) is 1. The van der Waals surface area contributed by atoms with Crippen molar-refractivity contribution in [1.82, 2.24) is 0 Å². The predicted molar refractivity (Wildman–Crippen MR) is 73.5 cm³/mol. The molecule has 0 N–H and O–H groups in total. The quantitative estimate of drug-likeness (QED) is 0.712. The van der Waals surface area contributed by atoms with E-state index in [0.29, 0.717) is 0 Å². The van der Waals surface area contributed by atoms with Crippen LogP contribution in [-0.4, -0.2) is 24.1 Å². The van der Waals surface area contributed by atoms with E-state index in [-0.39, 0.29) is 29.8 Å². The molecular formula is C14H18O3S. The summed E-state index contributed by atoms with van der Waals surface area (Å²) in [4.78, 5) is 22.7. The van der Waals surface area contributed by atoms with Gasteiger partial charge in [0.25, 0.3) is 0 Å². The molecular weight excluding hydrogens is 248 g/mol. The summed E-state index contributed by atoms with van der Waals surface area (Å²) in [5.74, 6) is 0.580. The van der Waals surface area contributed by atoms with Gasteiger partial charge in [0.05, 0.1) is 18.8 Å². The summed E-state index contributed by atoms with van der Waals surface area (Å²) in [6.07, 6.45) is 0.432. The summed E-state index contributed by atoms with van der Waals surface area (Å²) in [6.45, 7) is 1.88. The molecule has 4 heteroatoms. The van der Waals surface area contributed by atoms with E-state index < -0.39 is 0 Å². The molecule has 1 unspecified atom stereocenters. The molecule has 1 atom stereocenters. The number of carbonyl (C=O) groups excluding carboxylic acids is 2. The molecule has 0 aromatic heterocycles. The highest BCUT2D eigenvalue weighted by Gasteiger charge is 2.15. The van der Waals surface area contributed by atoms with Gasteiger partial charge in [-0.05, 0) is 12.5 Å². The zero-order chi connectivity index (χ0) is 13.4. The van der Waals surface area contributed by atoms with Crippen molar-refractivity contribution >= 4 is 23.5 Å². The van der Waals surface area contributed by atoms with Crippen molar-refractivity contribution in [3.8, 4) is 0 Å². The van der Waals surface area contributed by atoms with Crippen LogP contribution in [-0.2, 0) is 20.1 Å². The zero-order valence-electron chi connectivity index (χ0n) is 10.7. The summed E-state index contributed by atoms with van der Waals surface area (Å²) in [5, 5.41) is -0.0881. The lowest BCUT2D eigenvalue weighted by molar-refractivity contribution is -0.141.